The number of amides is 1. The molecule has 0 radical (unpaired) electrons. The first-order valence-corrected chi connectivity index (χ1v) is 11.1. The van der Waals surface area contributed by atoms with Gasteiger partial charge in [0.05, 0.1) is 17.6 Å². The Labute approximate surface area is 200 Å². The molecule has 2 N–H and O–H groups in total. The van der Waals surface area contributed by atoms with Gasteiger partial charge >= 0.3 is 5.91 Å². The van der Waals surface area contributed by atoms with Crippen molar-refractivity contribution in [2.24, 2.45) is 10.2 Å². The van der Waals surface area contributed by atoms with Crippen molar-refractivity contribution in [3.63, 3.8) is 0 Å². The van der Waals surface area contributed by atoms with E-state index in [-0.39, 0.29) is 0 Å². The zero-order valence-corrected chi connectivity index (χ0v) is 19.3. The second kappa shape index (κ2) is 9.72. The van der Waals surface area contributed by atoms with E-state index in [1.165, 1.54) is 0 Å². The summed E-state index contributed by atoms with van der Waals surface area (Å²) in [6, 6.07) is 20.3. The first kappa shape index (κ1) is 22.2. The SMILES string of the molecule is COCCOc1ccc2nc(-c3ccc(C(=O)N=[N+]=Nc4ccc5[nH]c(C)cc5c4)cc3)[nH]c2c1. The van der Waals surface area contributed by atoms with Gasteiger partial charge < -0.3 is 19.4 Å². The van der Waals surface area contributed by atoms with Crippen LogP contribution in [0, 0.1) is 6.92 Å². The first-order chi connectivity index (χ1) is 17.1. The summed E-state index contributed by atoms with van der Waals surface area (Å²) in [5, 5.41) is 8.79. The molecule has 0 bridgehead atoms. The van der Waals surface area contributed by atoms with Crippen LogP contribution in [-0.4, -0.2) is 41.2 Å². The lowest BCUT2D eigenvalue weighted by atomic mass is 10.1. The molecule has 0 saturated heterocycles. The van der Waals surface area contributed by atoms with Gasteiger partial charge in [0.25, 0.3) is 0 Å². The fourth-order valence-electron chi connectivity index (χ4n) is 3.73. The van der Waals surface area contributed by atoms with E-state index in [1.54, 1.807) is 19.2 Å². The molecule has 0 spiro atoms. The van der Waals surface area contributed by atoms with Gasteiger partial charge in [-0.3, -0.25) is 4.79 Å². The number of benzene rings is 3. The maximum absolute atomic E-state index is 12.4. The minimum atomic E-state index is -0.471. The number of aryl methyl sites for hydroxylation is 1. The van der Waals surface area contributed by atoms with Crippen molar-refractivity contribution in [2.45, 2.75) is 6.92 Å². The molecule has 174 valence electrons. The van der Waals surface area contributed by atoms with E-state index in [4.69, 9.17) is 9.47 Å². The van der Waals surface area contributed by atoms with Gasteiger partial charge in [-0.1, -0.05) is 12.1 Å². The average molecular weight is 468 g/mol. The van der Waals surface area contributed by atoms with Crippen molar-refractivity contribution in [3.8, 4) is 17.1 Å². The highest BCUT2D eigenvalue weighted by Gasteiger charge is 2.12. The Hall–Kier alpha value is -4.59. The number of fused-ring (bicyclic) bond motifs is 2. The molecule has 0 saturated carbocycles. The predicted octanol–water partition coefficient (Wildman–Crippen LogP) is 5.49. The highest BCUT2D eigenvalue weighted by molar-refractivity contribution is 5.95. The number of H-pyrrole nitrogens is 2. The Balaban J connectivity index is 1.29. The van der Waals surface area contributed by atoms with Crippen LogP contribution < -0.4 is 9.65 Å². The smallest absolute Gasteiger partial charge is 0.360 e. The summed E-state index contributed by atoms with van der Waals surface area (Å²) >= 11 is 0. The molecule has 2 heterocycles. The Morgan fingerprint density at radius 3 is 2.66 bits per heavy atom. The second-order valence-electron chi connectivity index (χ2n) is 8.00. The zero-order valence-electron chi connectivity index (χ0n) is 19.3. The monoisotopic (exact) mass is 467 g/mol. The number of nitrogens with zero attached hydrogens (tertiary/aromatic N) is 4. The van der Waals surface area contributed by atoms with Crippen LogP contribution in [0.1, 0.15) is 16.1 Å². The number of ether oxygens (including phenoxy) is 2. The molecule has 5 aromatic rings. The van der Waals surface area contributed by atoms with Crippen molar-refractivity contribution >= 4 is 33.5 Å². The molecule has 0 fully saturated rings. The topological polar surface area (TPSA) is 119 Å². The van der Waals surface area contributed by atoms with Gasteiger partial charge in [-0.15, -0.1) is 0 Å². The number of aromatic nitrogens is 3. The van der Waals surface area contributed by atoms with Crippen molar-refractivity contribution in [1.29, 1.82) is 0 Å². The minimum absolute atomic E-state index is 0.411. The molecule has 0 aliphatic carbocycles. The minimum Gasteiger partial charge on any atom is -0.491 e. The molecule has 35 heavy (non-hydrogen) atoms. The average Bonchev–Trinajstić information content (AvgIpc) is 3.46. The van der Waals surface area contributed by atoms with Crippen LogP contribution in [0.3, 0.4) is 0 Å². The Kier molecular flexibility index (Phi) is 6.17. The van der Waals surface area contributed by atoms with Gasteiger partial charge in [-0.2, -0.15) is 0 Å². The lowest BCUT2D eigenvalue weighted by Crippen LogP contribution is -2.03. The third-order valence-corrected chi connectivity index (χ3v) is 5.45. The van der Waals surface area contributed by atoms with E-state index < -0.39 is 5.91 Å². The van der Waals surface area contributed by atoms with Gasteiger partial charge in [-0.05, 0) is 55.5 Å². The van der Waals surface area contributed by atoms with E-state index in [1.807, 2.05) is 61.5 Å². The number of rotatable bonds is 7. The molecule has 0 atom stereocenters. The molecular formula is C26H23N6O3+. The van der Waals surface area contributed by atoms with Crippen molar-refractivity contribution in [2.75, 3.05) is 20.3 Å². The number of carbonyl (C=O) groups is 1. The molecule has 0 aliphatic rings. The summed E-state index contributed by atoms with van der Waals surface area (Å²) < 4.78 is 10.7. The lowest BCUT2D eigenvalue weighted by molar-refractivity contribution is 0.0992. The molecule has 0 unspecified atom stereocenters. The van der Waals surface area contributed by atoms with Gasteiger partial charge in [0, 0.05) is 40.9 Å². The van der Waals surface area contributed by atoms with E-state index in [0.717, 1.165) is 38.9 Å². The number of imidazole rings is 1. The maximum Gasteiger partial charge on any atom is 0.360 e. The number of carbonyl (C=O) groups excluding carboxylic acids is 1. The summed E-state index contributed by atoms with van der Waals surface area (Å²) in [7, 11) is 1.64. The summed E-state index contributed by atoms with van der Waals surface area (Å²) in [5.74, 6) is 0.964. The van der Waals surface area contributed by atoms with Crippen LogP contribution >= 0.6 is 0 Å². The van der Waals surface area contributed by atoms with Crippen LogP contribution in [0.4, 0.5) is 5.69 Å². The number of nitrogens with one attached hydrogen (secondary N) is 2. The highest BCUT2D eigenvalue weighted by atomic mass is 16.5. The standard InChI is InChI=1S/C26H22N6O3/c1-16-13-19-14-20(7-9-22(19)27-16)30-32-31-26(33)18-5-3-17(4-6-18)25-28-23-10-8-21(15-24(23)29-25)35-12-11-34-2/h3-10,13-15H,11-12H2,1-2H3,(H,28,29,33)/p+1. The largest absolute Gasteiger partial charge is 0.491 e. The highest BCUT2D eigenvalue weighted by Crippen LogP contribution is 2.24. The van der Waals surface area contributed by atoms with Crippen molar-refractivity contribution in [1.82, 2.24) is 19.9 Å². The second-order valence-corrected chi connectivity index (χ2v) is 8.00. The predicted molar refractivity (Wildman–Crippen MR) is 133 cm³/mol. The van der Waals surface area contributed by atoms with Crippen LogP contribution in [0.2, 0.25) is 0 Å². The van der Waals surface area contributed by atoms with E-state index in [9.17, 15) is 4.79 Å². The third kappa shape index (κ3) is 5.01. The summed E-state index contributed by atoms with van der Waals surface area (Å²) in [5.41, 5.74) is 5.65. The summed E-state index contributed by atoms with van der Waals surface area (Å²) in [6.07, 6.45) is 0. The fraction of sp³-hybridized carbons (Fsp3) is 0.154. The molecule has 9 heteroatoms. The lowest BCUT2D eigenvalue weighted by Gasteiger charge is -2.04. The number of aromatic amines is 2. The van der Waals surface area contributed by atoms with E-state index in [0.29, 0.717) is 30.3 Å². The Morgan fingerprint density at radius 2 is 1.83 bits per heavy atom. The summed E-state index contributed by atoms with van der Waals surface area (Å²) in [4.78, 5) is 27.3. The third-order valence-electron chi connectivity index (χ3n) is 5.45. The molecule has 2 aromatic heterocycles. The molecule has 0 aliphatic heterocycles. The molecular weight excluding hydrogens is 444 g/mol. The molecule has 3 aromatic carbocycles. The Bertz CT molecular complexity index is 1580. The number of methoxy groups -OCH3 is 1. The van der Waals surface area contributed by atoms with Gasteiger partial charge in [0.1, 0.15) is 18.2 Å². The summed E-state index contributed by atoms with van der Waals surface area (Å²) in [6.45, 7) is 2.99. The van der Waals surface area contributed by atoms with Crippen molar-refractivity contribution in [3.05, 3.63) is 78.0 Å². The zero-order chi connectivity index (χ0) is 24.2. The van der Waals surface area contributed by atoms with E-state index in [2.05, 4.69) is 30.1 Å². The number of hydrogen-bond acceptors (Lipinski definition) is 5. The Morgan fingerprint density at radius 1 is 0.971 bits per heavy atom. The molecule has 1 amide bonds. The normalized spacial score (nSPS) is 10.9. The molecule has 5 rings (SSSR count). The van der Waals surface area contributed by atoms with Crippen LogP contribution in [0.5, 0.6) is 5.75 Å². The van der Waals surface area contributed by atoms with Gasteiger partial charge in [0.15, 0.2) is 10.8 Å². The van der Waals surface area contributed by atoms with Crippen LogP contribution in [-0.2, 0) is 4.74 Å². The van der Waals surface area contributed by atoms with Crippen molar-refractivity contribution < 1.29 is 14.3 Å². The van der Waals surface area contributed by atoms with Gasteiger partial charge in [-0.25, -0.2) is 4.98 Å². The first-order valence-electron chi connectivity index (χ1n) is 11.1. The van der Waals surface area contributed by atoms with Crippen LogP contribution in [0.15, 0.2) is 77.0 Å². The number of hydrogen-bond donors (Lipinski definition) is 2. The van der Waals surface area contributed by atoms with E-state index >= 15 is 0 Å². The van der Waals surface area contributed by atoms with Gasteiger partial charge in [0.2, 0.25) is 10.0 Å². The maximum atomic E-state index is 12.4. The fourth-order valence-corrected chi connectivity index (χ4v) is 3.73. The van der Waals surface area contributed by atoms with Crippen LogP contribution in [0.25, 0.3) is 33.3 Å². The molecule has 9 nitrogen and oxygen atoms in total. The quantitative estimate of drug-likeness (QED) is 0.187.